The van der Waals surface area contributed by atoms with E-state index in [-0.39, 0.29) is 5.84 Å². The number of nitrogens with zero attached hydrogens (tertiary/aromatic N) is 2. The summed E-state index contributed by atoms with van der Waals surface area (Å²) in [6, 6.07) is 3.77. The maximum atomic E-state index is 8.51. The monoisotopic (exact) mass is 225 g/mol. The van der Waals surface area contributed by atoms with Gasteiger partial charge < -0.3 is 10.9 Å². The Balaban J connectivity index is 2.74. The van der Waals surface area contributed by atoms with Gasteiger partial charge in [0.15, 0.2) is 5.84 Å². The van der Waals surface area contributed by atoms with Crippen molar-refractivity contribution in [2.75, 3.05) is 0 Å². The molecule has 0 unspecified atom stereocenters. The molecule has 3 N–H and O–H groups in total. The molecule has 0 aliphatic carbocycles. The number of thioether (sulfide) groups is 1. The summed E-state index contributed by atoms with van der Waals surface area (Å²) >= 11 is 1.84. The lowest BCUT2D eigenvalue weighted by atomic mass is 10.2. The van der Waals surface area contributed by atoms with Crippen LogP contribution >= 0.6 is 11.8 Å². The molecule has 1 rings (SSSR count). The van der Waals surface area contributed by atoms with Gasteiger partial charge in [-0.1, -0.05) is 19.0 Å². The van der Waals surface area contributed by atoms with Crippen LogP contribution in [0.15, 0.2) is 23.5 Å². The lowest BCUT2D eigenvalue weighted by Gasteiger charge is -2.05. The van der Waals surface area contributed by atoms with E-state index in [9.17, 15) is 0 Å². The second kappa shape index (κ2) is 5.60. The van der Waals surface area contributed by atoms with E-state index < -0.39 is 0 Å². The number of nitrogens with two attached hydrogens (primary N) is 1. The van der Waals surface area contributed by atoms with Crippen LogP contribution in [0.4, 0.5) is 0 Å². The highest BCUT2D eigenvalue weighted by Crippen LogP contribution is 2.16. The van der Waals surface area contributed by atoms with Gasteiger partial charge in [-0.3, -0.25) is 4.98 Å². The Hall–Kier alpha value is -1.23. The third kappa shape index (κ3) is 3.79. The predicted octanol–water partition coefficient (Wildman–Crippen LogP) is 1.82. The van der Waals surface area contributed by atoms with Crippen LogP contribution in [-0.4, -0.2) is 21.3 Å². The van der Waals surface area contributed by atoms with Crippen LogP contribution < -0.4 is 5.73 Å². The average Bonchev–Trinajstić information content (AvgIpc) is 2.25. The Morgan fingerprint density at radius 3 is 3.00 bits per heavy atom. The van der Waals surface area contributed by atoms with E-state index in [1.54, 1.807) is 6.20 Å². The largest absolute Gasteiger partial charge is 0.409 e. The van der Waals surface area contributed by atoms with Crippen molar-refractivity contribution in [2.45, 2.75) is 24.9 Å². The van der Waals surface area contributed by atoms with Crippen LogP contribution in [-0.2, 0) is 5.75 Å². The smallest absolute Gasteiger partial charge is 0.188 e. The molecule has 82 valence electrons. The molecule has 0 radical (unpaired) electrons. The van der Waals surface area contributed by atoms with Crippen molar-refractivity contribution in [1.82, 2.24) is 4.98 Å². The van der Waals surface area contributed by atoms with Gasteiger partial charge in [0.1, 0.15) is 5.69 Å². The van der Waals surface area contributed by atoms with Crippen LogP contribution in [0, 0.1) is 0 Å². The fourth-order valence-electron chi connectivity index (χ4n) is 1.02. The molecule has 5 heteroatoms. The van der Waals surface area contributed by atoms with E-state index in [1.165, 1.54) is 0 Å². The number of aromatic nitrogens is 1. The minimum Gasteiger partial charge on any atom is -0.409 e. The molecule has 0 spiro atoms. The van der Waals surface area contributed by atoms with E-state index >= 15 is 0 Å². The Bertz CT molecular complexity index is 352. The number of pyridine rings is 1. The number of hydrogen-bond donors (Lipinski definition) is 2. The molecule has 0 amide bonds. The molecule has 0 saturated carbocycles. The average molecular weight is 225 g/mol. The SMILES string of the molecule is CC(C)SCc1ccnc(C(N)=NO)c1. The van der Waals surface area contributed by atoms with Crippen LogP contribution in [0.1, 0.15) is 25.1 Å². The van der Waals surface area contributed by atoms with Crippen molar-refractivity contribution >= 4 is 17.6 Å². The van der Waals surface area contributed by atoms with Gasteiger partial charge in [-0.2, -0.15) is 11.8 Å². The lowest BCUT2D eigenvalue weighted by molar-refractivity contribution is 0.318. The number of amidine groups is 1. The predicted molar refractivity (Wildman–Crippen MR) is 63.2 cm³/mol. The van der Waals surface area contributed by atoms with Gasteiger partial charge >= 0.3 is 0 Å². The molecule has 0 atom stereocenters. The molecule has 1 heterocycles. The highest BCUT2D eigenvalue weighted by molar-refractivity contribution is 7.99. The minimum atomic E-state index is 0.0476. The van der Waals surface area contributed by atoms with Crippen molar-refractivity contribution in [1.29, 1.82) is 0 Å². The Morgan fingerprint density at radius 1 is 1.67 bits per heavy atom. The molecule has 0 saturated heterocycles. The molecule has 0 fully saturated rings. The van der Waals surface area contributed by atoms with E-state index in [2.05, 4.69) is 24.0 Å². The highest BCUT2D eigenvalue weighted by Gasteiger charge is 2.03. The maximum Gasteiger partial charge on any atom is 0.188 e. The first-order valence-corrected chi connectivity index (χ1v) is 5.72. The summed E-state index contributed by atoms with van der Waals surface area (Å²) in [5.74, 6) is 0.956. The lowest BCUT2D eigenvalue weighted by Crippen LogP contribution is -2.15. The molecule has 0 aliphatic heterocycles. The number of rotatable bonds is 4. The van der Waals surface area contributed by atoms with Gasteiger partial charge in [0.2, 0.25) is 0 Å². The third-order valence-electron chi connectivity index (χ3n) is 1.78. The van der Waals surface area contributed by atoms with Gasteiger partial charge in [-0.05, 0) is 22.9 Å². The van der Waals surface area contributed by atoms with Gasteiger partial charge in [0.25, 0.3) is 0 Å². The number of oxime groups is 1. The van der Waals surface area contributed by atoms with Crippen LogP contribution in [0.25, 0.3) is 0 Å². The molecule has 1 aromatic heterocycles. The maximum absolute atomic E-state index is 8.51. The quantitative estimate of drug-likeness (QED) is 0.355. The van der Waals surface area contributed by atoms with E-state index in [4.69, 9.17) is 10.9 Å². The summed E-state index contributed by atoms with van der Waals surface area (Å²) < 4.78 is 0. The Kier molecular flexibility index (Phi) is 4.42. The van der Waals surface area contributed by atoms with Crippen molar-refractivity contribution in [3.63, 3.8) is 0 Å². The normalized spacial score (nSPS) is 12.1. The molecule has 15 heavy (non-hydrogen) atoms. The Labute approximate surface area is 93.6 Å². The zero-order valence-electron chi connectivity index (χ0n) is 8.84. The summed E-state index contributed by atoms with van der Waals surface area (Å²) in [6.45, 7) is 4.30. The van der Waals surface area contributed by atoms with Gasteiger partial charge in [0.05, 0.1) is 0 Å². The molecule has 1 aromatic rings. The topological polar surface area (TPSA) is 71.5 Å². The summed E-state index contributed by atoms with van der Waals surface area (Å²) in [4.78, 5) is 4.01. The van der Waals surface area contributed by atoms with Crippen LogP contribution in [0.5, 0.6) is 0 Å². The second-order valence-electron chi connectivity index (χ2n) is 3.39. The third-order valence-corrected chi connectivity index (χ3v) is 2.94. The molecule has 0 aliphatic rings. The minimum absolute atomic E-state index is 0.0476. The van der Waals surface area contributed by atoms with E-state index in [0.717, 1.165) is 11.3 Å². The van der Waals surface area contributed by atoms with Crippen LogP contribution in [0.3, 0.4) is 0 Å². The second-order valence-corrected chi connectivity index (χ2v) is 4.96. The molecular weight excluding hydrogens is 210 g/mol. The first kappa shape index (κ1) is 11.8. The zero-order chi connectivity index (χ0) is 11.3. The summed E-state index contributed by atoms with van der Waals surface area (Å²) in [5, 5.41) is 12.0. The summed E-state index contributed by atoms with van der Waals surface area (Å²) in [6.07, 6.45) is 1.67. The van der Waals surface area contributed by atoms with Crippen molar-refractivity contribution in [2.24, 2.45) is 10.9 Å². The molecule has 4 nitrogen and oxygen atoms in total. The first-order valence-electron chi connectivity index (χ1n) is 4.68. The van der Waals surface area contributed by atoms with Crippen molar-refractivity contribution in [3.05, 3.63) is 29.6 Å². The molecular formula is C10H15N3OS. The fraction of sp³-hybridized carbons (Fsp3) is 0.400. The van der Waals surface area contributed by atoms with Crippen molar-refractivity contribution in [3.8, 4) is 0 Å². The van der Waals surface area contributed by atoms with Gasteiger partial charge in [-0.15, -0.1) is 0 Å². The van der Waals surface area contributed by atoms with Gasteiger partial charge in [0, 0.05) is 11.9 Å². The number of hydrogen-bond acceptors (Lipinski definition) is 4. The molecule has 0 bridgehead atoms. The van der Waals surface area contributed by atoms with Crippen LogP contribution in [0.2, 0.25) is 0 Å². The van der Waals surface area contributed by atoms with E-state index in [1.807, 2.05) is 23.9 Å². The van der Waals surface area contributed by atoms with E-state index in [0.29, 0.717) is 10.9 Å². The summed E-state index contributed by atoms with van der Waals surface area (Å²) in [5.41, 5.74) is 7.09. The Morgan fingerprint density at radius 2 is 2.40 bits per heavy atom. The zero-order valence-corrected chi connectivity index (χ0v) is 9.66. The summed E-state index contributed by atoms with van der Waals surface area (Å²) in [7, 11) is 0. The highest BCUT2D eigenvalue weighted by atomic mass is 32.2. The standard InChI is InChI=1S/C10H15N3OS/c1-7(2)15-6-8-3-4-12-9(5-8)10(11)13-14/h3-5,7,14H,6H2,1-2H3,(H2,11,13). The van der Waals surface area contributed by atoms with Crippen molar-refractivity contribution < 1.29 is 5.21 Å². The van der Waals surface area contributed by atoms with Gasteiger partial charge in [-0.25, -0.2) is 0 Å². The first-order chi connectivity index (χ1) is 7.13. The molecule has 0 aromatic carbocycles. The fourth-order valence-corrected chi connectivity index (χ4v) is 1.72.